The lowest BCUT2D eigenvalue weighted by Crippen LogP contribution is -2.55. The Kier molecular flexibility index (Phi) is 7.52. The number of hydrogen-bond acceptors (Lipinski definition) is 3. The Bertz CT molecular complexity index is 285. The molecule has 1 rings (SSSR count). The van der Waals surface area contributed by atoms with Crippen LogP contribution in [0, 0.1) is 5.92 Å². The van der Waals surface area contributed by atoms with Gasteiger partial charge in [-0.3, -0.25) is 9.69 Å². The maximum absolute atomic E-state index is 12.1. The molecule has 4 heteroatoms. The maximum Gasteiger partial charge on any atom is 0.234 e. The zero-order chi connectivity index (χ0) is 15.0. The van der Waals surface area contributed by atoms with Crippen LogP contribution in [-0.4, -0.2) is 42.5 Å². The SMILES string of the molecule is CCCN(CC(=O)NCCC(C)C)C1(CN)CCCC1. The van der Waals surface area contributed by atoms with Gasteiger partial charge in [0.25, 0.3) is 0 Å². The maximum atomic E-state index is 12.1. The number of rotatable bonds is 9. The van der Waals surface area contributed by atoms with Crippen LogP contribution in [0.2, 0.25) is 0 Å². The molecule has 20 heavy (non-hydrogen) atoms. The number of nitrogens with one attached hydrogen (secondary N) is 1. The lowest BCUT2D eigenvalue weighted by atomic mass is 9.94. The highest BCUT2D eigenvalue weighted by Gasteiger charge is 2.38. The van der Waals surface area contributed by atoms with Crippen LogP contribution in [0.1, 0.15) is 59.3 Å². The van der Waals surface area contributed by atoms with E-state index in [1.54, 1.807) is 0 Å². The van der Waals surface area contributed by atoms with Crippen LogP contribution in [0.3, 0.4) is 0 Å². The van der Waals surface area contributed by atoms with Crippen molar-refractivity contribution in [2.75, 3.05) is 26.2 Å². The van der Waals surface area contributed by atoms with Gasteiger partial charge in [0.2, 0.25) is 5.91 Å². The average molecular weight is 283 g/mol. The van der Waals surface area contributed by atoms with Gasteiger partial charge in [-0.05, 0) is 38.1 Å². The fraction of sp³-hybridized carbons (Fsp3) is 0.938. The molecule has 1 aliphatic rings. The first kappa shape index (κ1) is 17.4. The molecule has 1 aliphatic carbocycles. The minimum atomic E-state index is 0.0748. The third-order valence-corrected chi connectivity index (χ3v) is 4.46. The molecule has 0 heterocycles. The Labute approximate surface area is 124 Å². The van der Waals surface area contributed by atoms with Crippen molar-refractivity contribution >= 4 is 5.91 Å². The van der Waals surface area contributed by atoms with Crippen molar-refractivity contribution in [2.45, 2.75) is 64.8 Å². The van der Waals surface area contributed by atoms with Crippen LogP contribution < -0.4 is 11.1 Å². The van der Waals surface area contributed by atoms with Crippen molar-refractivity contribution in [1.82, 2.24) is 10.2 Å². The van der Waals surface area contributed by atoms with Gasteiger partial charge in [0, 0.05) is 18.6 Å². The summed E-state index contributed by atoms with van der Waals surface area (Å²) in [6, 6.07) is 0. The van der Waals surface area contributed by atoms with Crippen molar-refractivity contribution in [3.8, 4) is 0 Å². The van der Waals surface area contributed by atoms with Crippen LogP contribution in [0.4, 0.5) is 0 Å². The van der Waals surface area contributed by atoms with Crippen LogP contribution in [-0.2, 0) is 4.79 Å². The molecule has 0 aromatic heterocycles. The predicted molar refractivity (Wildman–Crippen MR) is 84.6 cm³/mol. The van der Waals surface area contributed by atoms with Gasteiger partial charge in [0.1, 0.15) is 0 Å². The van der Waals surface area contributed by atoms with Crippen molar-refractivity contribution in [2.24, 2.45) is 11.7 Å². The van der Waals surface area contributed by atoms with E-state index in [0.717, 1.165) is 38.8 Å². The van der Waals surface area contributed by atoms with Crippen LogP contribution in [0.5, 0.6) is 0 Å². The van der Waals surface area contributed by atoms with Crippen molar-refractivity contribution in [1.29, 1.82) is 0 Å². The Morgan fingerprint density at radius 3 is 2.50 bits per heavy atom. The lowest BCUT2D eigenvalue weighted by molar-refractivity contribution is -0.123. The molecule has 1 saturated carbocycles. The van der Waals surface area contributed by atoms with Gasteiger partial charge in [0.05, 0.1) is 6.54 Å². The molecule has 0 saturated heterocycles. The van der Waals surface area contributed by atoms with Gasteiger partial charge in [-0.2, -0.15) is 0 Å². The van der Waals surface area contributed by atoms with Crippen LogP contribution >= 0.6 is 0 Å². The number of amides is 1. The first-order valence-corrected chi connectivity index (χ1v) is 8.26. The van der Waals surface area contributed by atoms with Crippen molar-refractivity contribution < 1.29 is 4.79 Å². The van der Waals surface area contributed by atoms with E-state index in [1.165, 1.54) is 12.8 Å². The fourth-order valence-electron chi connectivity index (χ4n) is 3.17. The normalized spacial score (nSPS) is 17.9. The summed E-state index contributed by atoms with van der Waals surface area (Å²) in [5.74, 6) is 0.783. The summed E-state index contributed by atoms with van der Waals surface area (Å²) in [5, 5.41) is 3.05. The van der Waals surface area contributed by atoms with Crippen molar-refractivity contribution in [3.05, 3.63) is 0 Å². The van der Waals surface area contributed by atoms with Crippen LogP contribution in [0.15, 0.2) is 0 Å². The summed E-state index contributed by atoms with van der Waals surface area (Å²) in [6.07, 6.45) is 6.88. The second kappa shape index (κ2) is 8.63. The van der Waals surface area contributed by atoms with Crippen LogP contribution in [0.25, 0.3) is 0 Å². The number of carbonyl (C=O) groups is 1. The molecule has 0 radical (unpaired) electrons. The molecule has 0 unspecified atom stereocenters. The van der Waals surface area contributed by atoms with E-state index < -0.39 is 0 Å². The van der Waals surface area contributed by atoms with Gasteiger partial charge in [-0.15, -0.1) is 0 Å². The van der Waals surface area contributed by atoms with E-state index >= 15 is 0 Å². The number of hydrogen-bond donors (Lipinski definition) is 2. The Morgan fingerprint density at radius 1 is 1.35 bits per heavy atom. The molecule has 1 fully saturated rings. The standard InChI is InChI=1S/C16H33N3O/c1-4-11-19(16(13-17)8-5-6-9-16)12-15(20)18-10-7-14(2)3/h14H,4-13,17H2,1-3H3,(H,18,20). The van der Waals surface area contributed by atoms with Gasteiger partial charge in [-0.1, -0.05) is 33.6 Å². The molecular weight excluding hydrogens is 250 g/mol. The summed E-state index contributed by atoms with van der Waals surface area (Å²) in [4.78, 5) is 14.5. The van der Waals surface area contributed by atoms with E-state index in [4.69, 9.17) is 5.73 Å². The minimum Gasteiger partial charge on any atom is -0.355 e. The van der Waals surface area contributed by atoms with E-state index in [9.17, 15) is 4.79 Å². The van der Waals surface area contributed by atoms with Gasteiger partial charge in [-0.25, -0.2) is 0 Å². The van der Waals surface area contributed by atoms with Gasteiger partial charge >= 0.3 is 0 Å². The Balaban J connectivity index is 2.51. The topological polar surface area (TPSA) is 58.4 Å². The summed E-state index contributed by atoms with van der Waals surface area (Å²) in [7, 11) is 0. The quantitative estimate of drug-likeness (QED) is 0.681. The molecule has 0 aliphatic heterocycles. The number of nitrogens with two attached hydrogens (primary N) is 1. The molecule has 0 spiro atoms. The van der Waals surface area contributed by atoms with Gasteiger partial charge < -0.3 is 11.1 Å². The smallest absolute Gasteiger partial charge is 0.234 e. The van der Waals surface area contributed by atoms with Crippen molar-refractivity contribution in [3.63, 3.8) is 0 Å². The summed E-state index contributed by atoms with van der Waals surface area (Å²) >= 11 is 0. The molecule has 0 atom stereocenters. The Hall–Kier alpha value is -0.610. The molecule has 0 aromatic rings. The second-order valence-electron chi connectivity index (χ2n) is 6.59. The van der Waals surface area contributed by atoms with E-state index in [2.05, 4.69) is 31.0 Å². The number of carbonyl (C=O) groups excluding carboxylic acids is 1. The van der Waals surface area contributed by atoms with E-state index in [-0.39, 0.29) is 11.4 Å². The number of nitrogens with zero attached hydrogens (tertiary/aromatic N) is 1. The third-order valence-electron chi connectivity index (χ3n) is 4.46. The summed E-state index contributed by atoms with van der Waals surface area (Å²) in [5.41, 5.74) is 6.12. The first-order valence-electron chi connectivity index (χ1n) is 8.26. The molecule has 3 N–H and O–H groups in total. The highest BCUT2D eigenvalue weighted by Crippen LogP contribution is 2.34. The molecule has 118 valence electrons. The Morgan fingerprint density at radius 2 is 2.00 bits per heavy atom. The van der Waals surface area contributed by atoms with E-state index in [0.29, 0.717) is 19.0 Å². The average Bonchev–Trinajstić information content (AvgIpc) is 2.87. The zero-order valence-electron chi connectivity index (χ0n) is 13.6. The minimum absolute atomic E-state index is 0.0748. The monoisotopic (exact) mass is 283 g/mol. The summed E-state index contributed by atoms with van der Waals surface area (Å²) < 4.78 is 0. The van der Waals surface area contributed by atoms with Gasteiger partial charge in [0.15, 0.2) is 0 Å². The largest absolute Gasteiger partial charge is 0.355 e. The predicted octanol–water partition coefficient (Wildman–Crippen LogP) is 2.13. The zero-order valence-corrected chi connectivity index (χ0v) is 13.6. The second-order valence-corrected chi connectivity index (χ2v) is 6.59. The fourth-order valence-corrected chi connectivity index (χ4v) is 3.17. The lowest BCUT2D eigenvalue weighted by Gasteiger charge is -2.40. The molecule has 0 aromatic carbocycles. The highest BCUT2D eigenvalue weighted by molar-refractivity contribution is 5.78. The molecule has 4 nitrogen and oxygen atoms in total. The molecular formula is C16H33N3O. The van der Waals surface area contributed by atoms with E-state index in [1.807, 2.05) is 0 Å². The third kappa shape index (κ3) is 5.06. The first-order chi connectivity index (χ1) is 9.54. The highest BCUT2D eigenvalue weighted by atomic mass is 16.2. The summed E-state index contributed by atoms with van der Waals surface area (Å²) in [6.45, 7) is 9.45. The molecule has 0 bridgehead atoms. The molecule has 1 amide bonds.